The van der Waals surface area contributed by atoms with E-state index in [0.717, 1.165) is 24.6 Å². The average molecular weight is 261 g/mol. The van der Waals surface area contributed by atoms with E-state index in [-0.39, 0.29) is 0 Å². The van der Waals surface area contributed by atoms with Gasteiger partial charge in [0.2, 0.25) is 0 Å². The molecule has 0 saturated heterocycles. The average Bonchev–Trinajstić information content (AvgIpc) is 2.73. The molecule has 0 amide bonds. The van der Waals surface area contributed by atoms with E-state index in [9.17, 15) is 0 Å². The second-order valence-corrected chi connectivity index (χ2v) is 6.08. The first-order valence-corrected chi connectivity index (χ1v) is 7.63. The monoisotopic (exact) mass is 261 g/mol. The van der Waals surface area contributed by atoms with E-state index in [0.29, 0.717) is 12.1 Å². The van der Waals surface area contributed by atoms with E-state index in [1.165, 1.54) is 24.0 Å². The van der Waals surface area contributed by atoms with Crippen LogP contribution in [0.15, 0.2) is 18.2 Å². The lowest BCUT2D eigenvalue weighted by Gasteiger charge is -2.20. The van der Waals surface area contributed by atoms with Crippen LogP contribution in [0.25, 0.3) is 0 Å². The van der Waals surface area contributed by atoms with Gasteiger partial charge in [-0.2, -0.15) is 0 Å². The third-order valence-electron chi connectivity index (χ3n) is 3.81. The van der Waals surface area contributed by atoms with Crippen molar-refractivity contribution in [3.8, 4) is 5.75 Å². The molecule has 0 radical (unpaired) electrons. The van der Waals surface area contributed by atoms with Crippen LogP contribution in [0.3, 0.4) is 0 Å². The largest absolute Gasteiger partial charge is 0.490 e. The predicted molar refractivity (Wildman–Crippen MR) is 80.7 cm³/mol. The lowest BCUT2D eigenvalue weighted by molar-refractivity contribution is 0.254. The number of hydrogen-bond donors (Lipinski definition) is 1. The van der Waals surface area contributed by atoms with E-state index in [2.05, 4.69) is 51.2 Å². The molecule has 106 valence electrons. The third-order valence-corrected chi connectivity index (χ3v) is 3.81. The Bertz CT molecular complexity index is 414. The molecule has 1 N–H and O–H groups in total. The molecule has 1 heterocycles. The molecule has 0 saturated carbocycles. The van der Waals surface area contributed by atoms with Crippen LogP contribution in [0.2, 0.25) is 0 Å². The van der Waals surface area contributed by atoms with Gasteiger partial charge in [0, 0.05) is 12.5 Å². The molecule has 2 heteroatoms. The topological polar surface area (TPSA) is 21.3 Å². The van der Waals surface area contributed by atoms with Gasteiger partial charge in [-0.05, 0) is 49.4 Å². The second kappa shape index (κ2) is 6.42. The molecular formula is C17H27NO. The molecule has 2 nitrogen and oxygen atoms in total. The fourth-order valence-electron chi connectivity index (χ4n) is 2.79. The van der Waals surface area contributed by atoms with Gasteiger partial charge in [-0.15, -0.1) is 0 Å². The van der Waals surface area contributed by atoms with Crippen molar-refractivity contribution in [3.05, 3.63) is 29.3 Å². The SMILES string of the molecule is CCNC(CCC(C)C)c1ccc2c(c1)CC(C)O2. The van der Waals surface area contributed by atoms with Crippen LogP contribution < -0.4 is 10.1 Å². The molecule has 1 aromatic rings. The highest BCUT2D eigenvalue weighted by Gasteiger charge is 2.20. The van der Waals surface area contributed by atoms with E-state index in [4.69, 9.17) is 4.74 Å². The maximum atomic E-state index is 5.78. The Hall–Kier alpha value is -1.02. The van der Waals surface area contributed by atoms with Crippen molar-refractivity contribution in [1.82, 2.24) is 5.32 Å². The summed E-state index contributed by atoms with van der Waals surface area (Å²) in [5, 5.41) is 3.62. The summed E-state index contributed by atoms with van der Waals surface area (Å²) in [5.74, 6) is 1.84. The van der Waals surface area contributed by atoms with Crippen molar-refractivity contribution in [1.29, 1.82) is 0 Å². The Morgan fingerprint density at radius 3 is 2.79 bits per heavy atom. The Labute approximate surface area is 117 Å². The number of ether oxygens (including phenoxy) is 1. The van der Waals surface area contributed by atoms with Crippen molar-refractivity contribution in [2.75, 3.05) is 6.54 Å². The molecule has 2 rings (SSSR count). The summed E-state index contributed by atoms with van der Waals surface area (Å²) >= 11 is 0. The van der Waals surface area contributed by atoms with Crippen LogP contribution in [0.1, 0.15) is 57.7 Å². The Morgan fingerprint density at radius 2 is 2.11 bits per heavy atom. The minimum Gasteiger partial charge on any atom is -0.490 e. The Morgan fingerprint density at radius 1 is 1.32 bits per heavy atom. The molecule has 1 aliphatic heterocycles. The molecule has 0 bridgehead atoms. The summed E-state index contributed by atoms with van der Waals surface area (Å²) in [6.45, 7) is 9.93. The highest BCUT2D eigenvalue weighted by molar-refractivity contribution is 5.41. The maximum Gasteiger partial charge on any atom is 0.123 e. The van der Waals surface area contributed by atoms with Gasteiger partial charge < -0.3 is 10.1 Å². The van der Waals surface area contributed by atoms with E-state index >= 15 is 0 Å². The standard InChI is InChI=1S/C17H27NO/c1-5-18-16(8-6-12(2)3)14-7-9-17-15(11-14)10-13(4)19-17/h7,9,11-13,16,18H,5-6,8,10H2,1-4H3. The van der Waals surface area contributed by atoms with Crippen LogP contribution >= 0.6 is 0 Å². The predicted octanol–water partition coefficient (Wildman–Crippen LogP) is 4.10. The minimum atomic E-state index is 0.332. The van der Waals surface area contributed by atoms with Crippen LogP contribution in [0.5, 0.6) is 5.75 Å². The smallest absolute Gasteiger partial charge is 0.123 e. The molecule has 0 aromatic heterocycles. The van der Waals surface area contributed by atoms with E-state index in [1.807, 2.05) is 0 Å². The van der Waals surface area contributed by atoms with Crippen molar-refractivity contribution in [2.45, 2.75) is 59.1 Å². The number of rotatable bonds is 6. The van der Waals surface area contributed by atoms with Crippen molar-refractivity contribution in [2.24, 2.45) is 5.92 Å². The molecule has 0 aliphatic carbocycles. The molecule has 19 heavy (non-hydrogen) atoms. The van der Waals surface area contributed by atoms with Gasteiger partial charge >= 0.3 is 0 Å². The zero-order valence-electron chi connectivity index (χ0n) is 12.7. The van der Waals surface area contributed by atoms with Gasteiger partial charge in [0.15, 0.2) is 0 Å². The third kappa shape index (κ3) is 3.73. The summed E-state index contributed by atoms with van der Waals surface area (Å²) in [7, 11) is 0. The first-order chi connectivity index (χ1) is 9.10. The Balaban J connectivity index is 2.11. The van der Waals surface area contributed by atoms with Crippen LogP contribution in [0.4, 0.5) is 0 Å². The number of nitrogens with one attached hydrogen (secondary N) is 1. The molecule has 2 atom stereocenters. The van der Waals surface area contributed by atoms with Gasteiger partial charge in [0.1, 0.15) is 11.9 Å². The van der Waals surface area contributed by atoms with E-state index < -0.39 is 0 Å². The van der Waals surface area contributed by atoms with Crippen molar-refractivity contribution < 1.29 is 4.74 Å². The van der Waals surface area contributed by atoms with Crippen molar-refractivity contribution >= 4 is 0 Å². The van der Waals surface area contributed by atoms with Gasteiger partial charge in [0.05, 0.1) is 0 Å². The zero-order valence-corrected chi connectivity index (χ0v) is 12.7. The molecule has 0 fully saturated rings. The molecule has 0 spiro atoms. The fraction of sp³-hybridized carbons (Fsp3) is 0.647. The highest BCUT2D eigenvalue weighted by Crippen LogP contribution is 2.32. The van der Waals surface area contributed by atoms with Gasteiger partial charge in [-0.25, -0.2) is 0 Å². The molecular weight excluding hydrogens is 234 g/mol. The lowest BCUT2D eigenvalue weighted by atomic mass is 9.95. The highest BCUT2D eigenvalue weighted by atomic mass is 16.5. The number of hydrogen-bond acceptors (Lipinski definition) is 2. The summed E-state index contributed by atoms with van der Waals surface area (Å²) in [6, 6.07) is 7.19. The van der Waals surface area contributed by atoms with Crippen LogP contribution in [0, 0.1) is 5.92 Å². The van der Waals surface area contributed by atoms with Gasteiger partial charge in [0.25, 0.3) is 0 Å². The lowest BCUT2D eigenvalue weighted by Crippen LogP contribution is -2.21. The van der Waals surface area contributed by atoms with Crippen LogP contribution in [-0.4, -0.2) is 12.6 Å². The fourth-order valence-corrected chi connectivity index (χ4v) is 2.79. The Kier molecular flexibility index (Phi) is 4.87. The zero-order chi connectivity index (χ0) is 13.8. The summed E-state index contributed by atoms with van der Waals surface area (Å²) in [6.07, 6.45) is 3.85. The second-order valence-electron chi connectivity index (χ2n) is 6.08. The summed E-state index contributed by atoms with van der Waals surface area (Å²) in [5.41, 5.74) is 2.79. The van der Waals surface area contributed by atoms with Crippen LogP contribution in [-0.2, 0) is 6.42 Å². The van der Waals surface area contributed by atoms with Gasteiger partial charge in [-0.3, -0.25) is 0 Å². The normalized spacial score (nSPS) is 19.3. The number of benzene rings is 1. The first-order valence-electron chi connectivity index (χ1n) is 7.63. The molecule has 1 aliphatic rings. The number of fused-ring (bicyclic) bond motifs is 1. The molecule has 2 unspecified atom stereocenters. The minimum absolute atomic E-state index is 0.332. The maximum absolute atomic E-state index is 5.78. The van der Waals surface area contributed by atoms with Gasteiger partial charge in [-0.1, -0.05) is 32.9 Å². The summed E-state index contributed by atoms with van der Waals surface area (Å²) in [4.78, 5) is 0. The summed E-state index contributed by atoms with van der Waals surface area (Å²) < 4.78 is 5.78. The van der Waals surface area contributed by atoms with Crippen molar-refractivity contribution in [3.63, 3.8) is 0 Å². The van der Waals surface area contributed by atoms with E-state index in [1.54, 1.807) is 0 Å². The molecule has 1 aromatic carbocycles. The quantitative estimate of drug-likeness (QED) is 0.832. The first kappa shape index (κ1) is 14.4.